The lowest BCUT2D eigenvalue weighted by atomic mass is 10.2. The summed E-state index contributed by atoms with van der Waals surface area (Å²) in [6.07, 6.45) is 0.721. The number of benzene rings is 1. The maximum absolute atomic E-state index is 12.1. The lowest BCUT2D eigenvalue weighted by Crippen LogP contribution is -2.32. The van der Waals surface area contributed by atoms with E-state index in [2.05, 4.69) is 4.72 Å². The van der Waals surface area contributed by atoms with Gasteiger partial charge in [-0.2, -0.15) is 5.26 Å². The summed E-state index contributed by atoms with van der Waals surface area (Å²) >= 11 is 0. The second-order valence-corrected chi connectivity index (χ2v) is 6.53. The smallest absolute Gasteiger partial charge is 0.264 e. The Morgan fingerprint density at radius 3 is 2.63 bits per heavy atom. The molecule has 1 aliphatic rings. The average Bonchev–Trinajstić information content (AvgIpc) is 3.06. The van der Waals surface area contributed by atoms with Gasteiger partial charge < -0.3 is 0 Å². The van der Waals surface area contributed by atoms with Gasteiger partial charge in [-0.25, -0.2) is 13.1 Å². The fourth-order valence-corrected chi connectivity index (χ4v) is 3.21. The first kappa shape index (κ1) is 13.6. The number of nitrogens with zero attached hydrogens (tertiary/aromatic N) is 1. The first-order valence-electron chi connectivity index (χ1n) is 5.92. The van der Waals surface area contributed by atoms with E-state index in [4.69, 9.17) is 5.26 Å². The predicted octanol–water partition coefficient (Wildman–Crippen LogP) is 1.33. The molecule has 2 rings (SSSR count). The number of rotatable bonds is 3. The Hall–Kier alpha value is -1.87. The molecule has 0 aromatic heterocycles. The van der Waals surface area contributed by atoms with Crippen molar-refractivity contribution in [1.82, 2.24) is 4.72 Å². The van der Waals surface area contributed by atoms with Gasteiger partial charge in [-0.3, -0.25) is 4.79 Å². The molecule has 0 bridgehead atoms. The molecule has 5 nitrogen and oxygen atoms in total. The third-order valence-electron chi connectivity index (χ3n) is 3.29. The fraction of sp³-hybridized carbons (Fsp3) is 0.385. The minimum atomic E-state index is -3.90. The second kappa shape index (κ2) is 4.67. The molecule has 19 heavy (non-hydrogen) atoms. The molecular formula is C13H14N2O3S. The van der Waals surface area contributed by atoms with Crippen LogP contribution in [0.3, 0.4) is 0 Å². The molecule has 1 aromatic carbocycles. The van der Waals surface area contributed by atoms with Gasteiger partial charge in [0, 0.05) is 5.92 Å². The van der Waals surface area contributed by atoms with Crippen LogP contribution in [0.2, 0.25) is 0 Å². The van der Waals surface area contributed by atoms with Crippen molar-refractivity contribution in [3.05, 3.63) is 29.3 Å². The quantitative estimate of drug-likeness (QED) is 0.903. The van der Waals surface area contributed by atoms with Crippen LogP contribution >= 0.6 is 0 Å². The van der Waals surface area contributed by atoms with Crippen molar-refractivity contribution < 1.29 is 13.2 Å². The highest BCUT2D eigenvalue weighted by atomic mass is 32.2. The normalized spacial score (nSPS) is 21.5. The van der Waals surface area contributed by atoms with Gasteiger partial charge in [0.1, 0.15) is 0 Å². The Morgan fingerprint density at radius 2 is 2.11 bits per heavy atom. The largest absolute Gasteiger partial charge is 0.274 e. The van der Waals surface area contributed by atoms with Crippen LogP contribution in [0, 0.1) is 30.1 Å². The summed E-state index contributed by atoms with van der Waals surface area (Å²) < 4.78 is 26.3. The van der Waals surface area contributed by atoms with E-state index in [1.54, 1.807) is 19.1 Å². The summed E-state index contributed by atoms with van der Waals surface area (Å²) in [6.45, 7) is 3.53. The third-order valence-corrected chi connectivity index (χ3v) is 4.78. The summed E-state index contributed by atoms with van der Waals surface area (Å²) in [5.41, 5.74) is 0.751. The molecule has 100 valence electrons. The molecule has 1 aromatic rings. The van der Waals surface area contributed by atoms with Gasteiger partial charge >= 0.3 is 0 Å². The number of nitrogens with one attached hydrogen (secondary N) is 1. The predicted molar refractivity (Wildman–Crippen MR) is 68.5 cm³/mol. The number of amides is 1. The fourth-order valence-electron chi connectivity index (χ4n) is 1.91. The van der Waals surface area contributed by atoms with E-state index in [0.717, 1.165) is 6.42 Å². The molecule has 1 aliphatic carbocycles. The van der Waals surface area contributed by atoms with Crippen molar-refractivity contribution in [2.75, 3.05) is 0 Å². The molecule has 1 amide bonds. The van der Waals surface area contributed by atoms with Crippen molar-refractivity contribution in [2.24, 2.45) is 11.8 Å². The summed E-state index contributed by atoms with van der Waals surface area (Å²) in [7, 11) is -3.90. The SMILES string of the molecule is Cc1ccc(C#N)cc1S(=O)(=O)NC(=O)[C@@H]1C[C@H]1C. The zero-order valence-corrected chi connectivity index (χ0v) is 11.5. The number of nitriles is 1. The molecule has 0 spiro atoms. The number of hydrogen-bond donors (Lipinski definition) is 1. The van der Waals surface area contributed by atoms with Crippen LogP contribution in [-0.2, 0) is 14.8 Å². The van der Waals surface area contributed by atoms with Gasteiger partial charge in [0.25, 0.3) is 10.0 Å². The monoisotopic (exact) mass is 278 g/mol. The zero-order chi connectivity index (χ0) is 14.2. The van der Waals surface area contributed by atoms with E-state index < -0.39 is 15.9 Å². The molecule has 2 atom stereocenters. The van der Waals surface area contributed by atoms with Crippen LogP contribution < -0.4 is 4.72 Å². The van der Waals surface area contributed by atoms with E-state index in [1.165, 1.54) is 6.07 Å². The Balaban J connectivity index is 2.29. The van der Waals surface area contributed by atoms with Crippen molar-refractivity contribution in [3.63, 3.8) is 0 Å². The highest BCUT2D eigenvalue weighted by Gasteiger charge is 2.40. The van der Waals surface area contributed by atoms with Crippen LogP contribution in [0.1, 0.15) is 24.5 Å². The van der Waals surface area contributed by atoms with Crippen LogP contribution in [0.25, 0.3) is 0 Å². The Labute approximate surface area is 112 Å². The highest BCUT2D eigenvalue weighted by molar-refractivity contribution is 7.90. The second-order valence-electron chi connectivity index (χ2n) is 4.88. The summed E-state index contributed by atoms with van der Waals surface area (Å²) in [4.78, 5) is 11.7. The van der Waals surface area contributed by atoms with Crippen LogP contribution in [-0.4, -0.2) is 14.3 Å². The molecule has 0 radical (unpaired) electrons. The van der Waals surface area contributed by atoms with Gasteiger partial charge in [-0.05, 0) is 37.0 Å². The van der Waals surface area contributed by atoms with E-state index in [1.807, 2.05) is 13.0 Å². The summed E-state index contributed by atoms with van der Waals surface area (Å²) in [5.74, 6) is -0.440. The van der Waals surface area contributed by atoms with Gasteiger partial charge in [0.2, 0.25) is 5.91 Å². The zero-order valence-electron chi connectivity index (χ0n) is 10.7. The highest BCUT2D eigenvalue weighted by Crippen LogP contribution is 2.38. The Bertz CT molecular complexity index is 674. The molecule has 0 unspecified atom stereocenters. The molecule has 0 aliphatic heterocycles. The van der Waals surface area contributed by atoms with Gasteiger partial charge in [-0.15, -0.1) is 0 Å². The van der Waals surface area contributed by atoms with Gasteiger partial charge in [-0.1, -0.05) is 13.0 Å². The average molecular weight is 278 g/mol. The van der Waals surface area contributed by atoms with E-state index in [-0.39, 0.29) is 22.3 Å². The molecule has 1 N–H and O–H groups in total. The molecule has 0 heterocycles. The summed E-state index contributed by atoms with van der Waals surface area (Å²) in [5, 5.41) is 8.80. The Kier molecular flexibility index (Phi) is 3.33. The molecule has 1 fully saturated rings. The molecule has 1 saturated carbocycles. The van der Waals surface area contributed by atoms with Crippen molar-refractivity contribution in [2.45, 2.75) is 25.2 Å². The van der Waals surface area contributed by atoms with Crippen molar-refractivity contribution >= 4 is 15.9 Å². The summed E-state index contributed by atoms with van der Waals surface area (Å²) in [6, 6.07) is 6.26. The minimum Gasteiger partial charge on any atom is -0.274 e. The maximum atomic E-state index is 12.1. The van der Waals surface area contributed by atoms with Crippen molar-refractivity contribution in [1.29, 1.82) is 5.26 Å². The molecule has 0 saturated heterocycles. The lowest BCUT2D eigenvalue weighted by Gasteiger charge is -2.09. The number of carbonyl (C=O) groups is 1. The van der Waals surface area contributed by atoms with Crippen LogP contribution in [0.15, 0.2) is 23.1 Å². The first-order valence-corrected chi connectivity index (χ1v) is 7.41. The van der Waals surface area contributed by atoms with E-state index >= 15 is 0 Å². The first-order chi connectivity index (χ1) is 8.85. The Morgan fingerprint density at radius 1 is 1.47 bits per heavy atom. The maximum Gasteiger partial charge on any atom is 0.264 e. The number of aryl methyl sites for hydroxylation is 1. The van der Waals surface area contributed by atoms with Crippen LogP contribution in [0.4, 0.5) is 0 Å². The number of carbonyl (C=O) groups excluding carboxylic acids is 1. The lowest BCUT2D eigenvalue weighted by molar-refractivity contribution is -0.120. The topological polar surface area (TPSA) is 87.0 Å². The minimum absolute atomic E-state index is 0.0202. The number of sulfonamides is 1. The van der Waals surface area contributed by atoms with Gasteiger partial charge in [0.15, 0.2) is 0 Å². The van der Waals surface area contributed by atoms with E-state index in [9.17, 15) is 13.2 Å². The standard InChI is InChI=1S/C13H14N2O3S/c1-8-3-4-10(7-14)6-12(8)19(17,18)15-13(16)11-5-9(11)2/h3-4,6,9,11H,5H2,1-2H3,(H,15,16)/t9-,11-/m1/s1. The molecular weight excluding hydrogens is 264 g/mol. The van der Waals surface area contributed by atoms with Gasteiger partial charge in [0.05, 0.1) is 16.5 Å². The third kappa shape index (κ3) is 2.76. The van der Waals surface area contributed by atoms with Crippen molar-refractivity contribution in [3.8, 4) is 6.07 Å². The van der Waals surface area contributed by atoms with Crippen LogP contribution in [0.5, 0.6) is 0 Å². The van der Waals surface area contributed by atoms with E-state index in [0.29, 0.717) is 5.56 Å². The number of hydrogen-bond acceptors (Lipinski definition) is 4. The molecule has 6 heteroatoms.